The van der Waals surface area contributed by atoms with Crippen LogP contribution in [0.1, 0.15) is 22.5 Å². The van der Waals surface area contributed by atoms with Gasteiger partial charge >= 0.3 is 0 Å². The van der Waals surface area contributed by atoms with E-state index < -0.39 is 10.0 Å². The molecule has 0 unspecified atom stereocenters. The summed E-state index contributed by atoms with van der Waals surface area (Å²) in [4.78, 5) is 24.8. The van der Waals surface area contributed by atoms with Gasteiger partial charge in [0, 0.05) is 19.0 Å². The van der Waals surface area contributed by atoms with Crippen LogP contribution in [0.3, 0.4) is 0 Å². The Balaban J connectivity index is 1.52. The smallest absolute Gasteiger partial charge is 0.273 e. The quantitative estimate of drug-likeness (QED) is 0.772. The van der Waals surface area contributed by atoms with Crippen LogP contribution in [-0.2, 0) is 14.8 Å². The Morgan fingerprint density at radius 1 is 1.00 bits per heavy atom. The lowest BCUT2D eigenvalue weighted by molar-refractivity contribution is -0.126. The van der Waals surface area contributed by atoms with Crippen LogP contribution in [0.4, 0.5) is 0 Å². The molecule has 0 saturated carbocycles. The van der Waals surface area contributed by atoms with Gasteiger partial charge in [-0.2, -0.15) is 4.31 Å². The van der Waals surface area contributed by atoms with Crippen molar-refractivity contribution in [3.05, 3.63) is 52.7 Å². The Morgan fingerprint density at radius 3 is 2.31 bits per heavy atom. The maximum absolute atomic E-state index is 12.6. The molecule has 1 aliphatic rings. The van der Waals surface area contributed by atoms with Crippen molar-refractivity contribution >= 4 is 33.2 Å². The standard InChI is InChI=1S/C17H19N3O4S2/c21-16(18-19-17(22)15-7-4-12-25-15)13-8-10-20(11-9-13)26(23,24)14-5-2-1-3-6-14/h1-7,12-13H,8-11H2,(H,18,21)(H,19,22). The van der Waals surface area contributed by atoms with E-state index in [9.17, 15) is 18.0 Å². The molecule has 138 valence electrons. The molecule has 3 rings (SSSR count). The van der Waals surface area contributed by atoms with E-state index in [-0.39, 0.29) is 35.7 Å². The van der Waals surface area contributed by atoms with Crippen molar-refractivity contribution in [3.63, 3.8) is 0 Å². The normalized spacial score (nSPS) is 16.2. The number of amides is 2. The summed E-state index contributed by atoms with van der Waals surface area (Å²) in [6, 6.07) is 11.7. The van der Waals surface area contributed by atoms with Crippen molar-refractivity contribution in [2.24, 2.45) is 5.92 Å². The average Bonchev–Trinajstić information content (AvgIpc) is 3.21. The first-order chi connectivity index (χ1) is 12.5. The largest absolute Gasteiger partial charge is 0.279 e. The van der Waals surface area contributed by atoms with Crippen LogP contribution >= 0.6 is 11.3 Å². The molecular formula is C17H19N3O4S2. The molecule has 9 heteroatoms. The van der Waals surface area contributed by atoms with Gasteiger partial charge in [-0.3, -0.25) is 20.4 Å². The number of hydrogen-bond donors (Lipinski definition) is 2. The second-order valence-corrected chi connectivity index (χ2v) is 8.80. The lowest BCUT2D eigenvalue weighted by Gasteiger charge is -2.30. The van der Waals surface area contributed by atoms with Gasteiger partial charge in [0.05, 0.1) is 9.77 Å². The molecule has 2 N–H and O–H groups in total. The number of hydrazine groups is 1. The first-order valence-electron chi connectivity index (χ1n) is 8.17. The monoisotopic (exact) mass is 393 g/mol. The van der Waals surface area contributed by atoms with Gasteiger partial charge in [0.1, 0.15) is 0 Å². The van der Waals surface area contributed by atoms with Gasteiger partial charge in [-0.25, -0.2) is 8.42 Å². The van der Waals surface area contributed by atoms with Gasteiger partial charge in [0.25, 0.3) is 5.91 Å². The summed E-state index contributed by atoms with van der Waals surface area (Å²) >= 11 is 1.28. The SMILES string of the molecule is O=C(NNC(=O)C1CCN(S(=O)(=O)c2ccccc2)CC1)c1cccs1. The Labute approximate surface area is 156 Å². The number of sulfonamides is 1. The number of rotatable bonds is 4. The highest BCUT2D eigenvalue weighted by atomic mass is 32.2. The predicted molar refractivity (Wildman–Crippen MR) is 97.9 cm³/mol. The highest BCUT2D eigenvalue weighted by molar-refractivity contribution is 7.89. The molecular weight excluding hydrogens is 374 g/mol. The molecule has 1 aliphatic heterocycles. The third kappa shape index (κ3) is 4.12. The Hall–Kier alpha value is -2.23. The maximum atomic E-state index is 12.6. The predicted octanol–water partition coefficient (Wildman–Crippen LogP) is 1.61. The zero-order valence-electron chi connectivity index (χ0n) is 13.9. The number of nitrogens with one attached hydrogen (secondary N) is 2. The molecule has 1 saturated heterocycles. The molecule has 0 radical (unpaired) electrons. The first-order valence-corrected chi connectivity index (χ1v) is 10.5. The third-order valence-corrected chi connectivity index (χ3v) is 7.03. The number of piperidine rings is 1. The average molecular weight is 393 g/mol. The number of benzene rings is 1. The van der Waals surface area contributed by atoms with Crippen LogP contribution in [0.2, 0.25) is 0 Å². The van der Waals surface area contributed by atoms with Crippen molar-refractivity contribution in [3.8, 4) is 0 Å². The van der Waals surface area contributed by atoms with E-state index in [1.165, 1.54) is 15.6 Å². The molecule has 7 nitrogen and oxygen atoms in total. The van der Waals surface area contributed by atoms with Crippen LogP contribution in [0.25, 0.3) is 0 Å². The van der Waals surface area contributed by atoms with Gasteiger partial charge in [0.15, 0.2) is 0 Å². The lowest BCUT2D eigenvalue weighted by Crippen LogP contribution is -2.48. The first kappa shape index (κ1) is 18.6. The number of nitrogens with zero attached hydrogens (tertiary/aromatic N) is 1. The van der Waals surface area contributed by atoms with Crippen molar-refractivity contribution in [1.82, 2.24) is 15.2 Å². The van der Waals surface area contributed by atoms with E-state index in [1.54, 1.807) is 47.8 Å². The maximum Gasteiger partial charge on any atom is 0.279 e. The Morgan fingerprint density at radius 2 is 1.69 bits per heavy atom. The molecule has 0 aliphatic carbocycles. The molecule has 1 fully saturated rings. The van der Waals surface area contributed by atoms with E-state index in [0.29, 0.717) is 17.7 Å². The second-order valence-electron chi connectivity index (χ2n) is 5.91. The third-order valence-electron chi connectivity index (χ3n) is 4.25. The number of thiophene rings is 1. The summed E-state index contributed by atoms with van der Waals surface area (Å²) in [6.45, 7) is 0.544. The van der Waals surface area contributed by atoms with E-state index in [1.807, 2.05) is 0 Å². The minimum atomic E-state index is -3.53. The highest BCUT2D eigenvalue weighted by Crippen LogP contribution is 2.23. The second kappa shape index (κ2) is 7.98. The van der Waals surface area contributed by atoms with Crippen molar-refractivity contribution in [2.75, 3.05) is 13.1 Å². The molecule has 0 spiro atoms. The van der Waals surface area contributed by atoms with Crippen LogP contribution < -0.4 is 10.9 Å². The molecule has 26 heavy (non-hydrogen) atoms. The molecule has 2 aromatic rings. The summed E-state index contributed by atoms with van der Waals surface area (Å²) < 4.78 is 26.6. The fourth-order valence-electron chi connectivity index (χ4n) is 2.79. The molecule has 1 aromatic carbocycles. The van der Waals surface area contributed by atoms with Gasteiger partial charge in [-0.1, -0.05) is 24.3 Å². The van der Waals surface area contributed by atoms with E-state index in [4.69, 9.17) is 0 Å². The van der Waals surface area contributed by atoms with Gasteiger partial charge < -0.3 is 0 Å². The zero-order chi connectivity index (χ0) is 18.6. The zero-order valence-corrected chi connectivity index (χ0v) is 15.6. The molecule has 2 amide bonds. The van der Waals surface area contributed by atoms with E-state index >= 15 is 0 Å². The summed E-state index contributed by atoms with van der Waals surface area (Å²) in [7, 11) is -3.53. The van der Waals surface area contributed by atoms with E-state index in [2.05, 4.69) is 10.9 Å². The van der Waals surface area contributed by atoms with Gasteiger partial charge in [-0.05, 0) is 36.4 Å². The van der Waals surface area contributed by atoms with E-state index in [0.717, 1.165) is 0 Å². The number of hydrogen-bond acceptors (Lipinski definition) is 5. The summed E-state index contributed by atoms with van der Waals surface area (Å²) in [5, 5.41) is 1.78. The highest BCUT2D eigenvalue weighted by Gasteiger charge is 2.32. The van der Waals surface area contributed by atoms with Crippen LogP contribution in [0.5, 0.6) is 0 Å². The lowest BCUT2D eigenvalue weighted by atomic mass is 9.98. The molecule has 0 bridgehead atoms. The topological polar surface area (TPSA) is 95.6 Å². The van der Waals surface area contributed by atoms with Crippen LogP contribution in [-0.4, -0.2) is 37.6 Å². The number of carbonyl (C=O) groups is 2. The Kier molecular flexibility index (Phi) is 5.70. The Bertz CT molecular complexity index is 859. The fraction of sp³-hybridized carbons (Fsp3) is 0.294. The molecule has 2 heterocycles. The van der Waals surface area contributed by atoms with Crippen molar-refractivity contribution in [1.29, 1.82) is 0 Å². The van der Waals surface area contributed by atoms with Crippen LogP contribution in [0.15, 0.2) is 52.7 Å². The summed E-state index contributed by atoms with van der Waals surface area (Å²) in [5.74, 6) is -0.995. The molecule has 0 atom stereocenters. The fourth-order valence-corrected chi connectivity index (χ4v) is 4.90. The van der Waals surface area contributed by atoms with Crippen molar-refractivity contribution in [2.45, 2.75) is 17.7 Å². The minimum absolute atomic E-state index is 0.256. The summed E-state index contributed by atoms with van der Waals surface area (Å²) in [6.07, 6.45) is 0.819. The van der Waals surface area contributed by atoms with Gasteiger partial charge in [0.2, 0.25) is 15.9 Å². The molecule has 1 aromatic heterocycles. The number of carbonyl (C=O) groups excluding carboxylic acids is 2. The van der Waals surface area contributed by atoms with Crippen molar-refractivity contribution < 1.29 is 18.0 Å². The minimum Gasteiger partial charge on any atom is -0.273 e. The van der Waals surface area contributed by atoms with Gasteiger partial charge in [-0.15, -0.1) is 11.3 Å². The van der Waals surface area contributed by atoms with Crippen LogP contribution in [0, 0.1) is 5.92 Å². The summed E-state index contributed by atoms with van der Waals surface area (Å²) in [5.41, 5.74) is 4.82.